The van der Waals surface area contributed by atoms with Gasteiger partial charge in [-0.05, 0) is 36.8 Å². The van der Waals surface area contributed by atoms with Gasteiger partial charge in [-0.3, -0.25) is 4.79 Å². The van der Waals surface area contributed by atoms with Crippen molar-refractivity contribution in [1.82, 2.24) is 4.57 Å². The van der Waals surface area contributed by atoms with E-state index in [2.05, 4.69) is 15.9 Å². The van der Waals surface area contributed by atoms with Crippen LogP contribution in [0.1, 0.15) is 15.9 Å². The first-order valence-corrected chi connectivity index (χ1v) is 6.39. The molecule has 3 nitrogen and oxygen atoms in total. The number of carbonyl (C=O) groups excluding carboxylic acids is 1. The minimum absolute atomic E-state index is 0.0174. The molecule has 0 saturated carbocycles. The van der Waals surface area contributed by atoms with Crippen LogP contribution >= 0.6 is 15.9 Å². The molecule has 2 rings (SSSR count). The van der Waals surface area contributed by atoms with Gasteiger partial charge in [0.25, 0.3) is 0 Å². The maximum Gasteiger partial charge on any atom is 0.201 e. The number of aromatic nitrogens is 1. The van der Waals surface area contributed by atoms with Gasteiger partial charge in [-0.25, -0.2) is 0 Å². The Labute approximate surface area is 115 Å². The summed E-state index contributed by atoms with van der Waals surface area (Å²) in [5, 5.41) is 0. The first-order valence-electron chi connectivity index (χ1n) is 5.60. The molecule has 0 aliphatic carbocycles. The number of hydrogen-bond acceptors (Lipinski definition) is 2. The summed E-state index contributed by atoms with van der Waals surface area (Å²) in [5.74, 6) is 0.691. The van der Waals surface area contributed by atoms with E-state index in [1.807, 2.05) is 42.9 Å². The maximum atomic E-state index is 11.8. The van der Waals surface area contributed by atoms with E-state index in [1.54, 1.807) is 12.3 Å². The zero-order valence-electron chi connectivity index (χ0n) is 10.3. The molecule has 0 aliphatic heterocycles. The lowest BCUT2D eigenvalue weighted by Crippen LogP contribution is -2.11. The molecule has 1 aromatic heterocycles. The Morgan fingerprint density at radius 3 is 2.78 bits per heavy atom. The molecule has 0 aliphatic rings. The third-order valence-corrected chi connectivity index (χ3v) is 3.54. The van der Waals surface area contributed by atoms with Crippen LogP contribution in [0.25, 0.3) is 0 Å². The molecule has 4 heteroatoms. The van der Waals surface area contributed by atoms with Crippen molar-refractivity contribution in [3.63, 3.8) is 0 Å². The molecule has 0 radical (unpaired) electrons. The molecule has 0 unspecified atom stereocenters. The van der Waals surface area contributed by atoms with Crippen molar-refractivity contribution in [1.29, 1.82) is 0 Å². The Bertz CT molecular complexity index is 575. The van der Waals surface area contributed by atoms with Crippen LogP contribution in [-0.4, -0.2) is 17.0 Å². The number of Topliss-reactive ketones (excluding diaryl/α,β-unsaturated/α-hetero) is 1. The molecule has 0 saturated heterocycles. The van der Waals surface area contributed by atoms with Crippen molar-refractivity contribution in [2.45, 2.75) is 6.92 Å². The Hall–Kier alpha value is -1.55. The van der Waals surface area contributed by atoms with Crippen LogP contribution in [0.4, 0.5) is 0 Å². The molecule has 0 N–H and O–H groups in total. The summed E-state index contributed by atoms with van der Waals surface area (Å²) >= 11 is 3.42. The third-order valence-electron chi connectivity index (χ3n) is 2.65. The van der Waals surface area contributed by atoms with E-state index in [1.165, 1.54) is 0 Å². The number of carbonyl (C=O) groups is 1. The second-order valence-electron chi connectivity index (χ2n) is 4.19. The highest BCUT2D eigenvalue weighted by Crippen LogP contribution is 2.21. The SMILES string of the molecule is Cc1cc(OCC(=O)c2ccn(C)c2)ccc1Br. The maximum absolute atomic E-state index is 11.8. The number of ketones is 1. The number of aryl methyl sites for hydroxylation is 2. The standard InChI is InChI=1S/C14H14BrNO2/c1-10-7-12(3-4-13(10)15)18-9-14(17)11-5-6-16(2)8-11/h3-8H,9H2,1-2H3. The molecular weight excluding hydrogens is 294 g/mol. The van der Waals surface area contributed by atoms with Crippen LogP contribution < -0.4 is 4.74 Å². The smallest absolute Gasteiger partial charge is 0.201 e. The Morgan fingerprint density at radius 1 is 1.39 bits per heavy atom. The van der Waals surface area contributed by atoms with Gasteiger partial charge in [0.15, 0.2) is 6.61 Å². The fourth-order valence-electron chi connectivity index (χ4n) is 1.61. The number of nitrogens with zero attached hydrogens (tertiary/aromatic N) is 1. The van der Waals surface area contributed by atoms with E-state index >= 15 is 0 Å². The average Bonchev–Trinajstić information content (AvgIpc) is 2.77. The highest BCUT2D eigenvalue weighted by molar-refractivity contribution is 9.10. The highest BCUT2D eigenvalue weighted by Gasteiger charge is 2.08. The normalized spacial score (nSPS) is 10.4. The lowest BCUT2D eigenvalue weighted by Gasteiger charge is -2.06. The summed E-state index contributed by atoms with van der Waals surface area (Å²) in [4.78, 5) is 11.8. The first-order chi connectivity index (χ1) is 8.56. The van der Waals surface area contributed by atoms with E-state index in [0.717, 1.165) is 10.0 Å². The quantitative estimate of drug-likeness (QED) is 0.811. The van der Waals surface area contributed by atoms with Crippen LogP contribution in [0.3, 0.4) is 0 Å². The van der Waals surface area contributed by atoms with E-state index in [9.17, 15) is 4.79 Å². The molecule has 0 fully saturated rings. The molecule has 2 aromatic rings. The van der Waals surface area contributed by atoms with Crippen LogP contribution in [0, 0.1) is 6.92 Å². The van der Waals surface area contributed by atoms with Gasteiger partial charge in [0.2, 0.25) is 5.78 Å². The number of halogens is 1. The van der Waals surface area contributed by atoms with Crippen LogP contribution in [0.5, 0.6) is 5.75 Å². The lowest BCUT2D eigenvalue weighted by molar-refractivity contribution is 0.0921. The summed E-state index contributed by atoms with van der Waals surface area (Å²) in [5.41, 5.74) is 1.76. The zero-order chi connectivity index (χ0) is 13.1. The van der Waals surface area contributed by atoms with Crippen LogP contribution in [0.2, 0.25) is 0 Å². The van der Waals surface area contributed by atoms with E-state index in [-0.39, 0.29) is 12.4 Å². The Kier molecular flexibility index (Phi) is 3.87. The van der Waals surface area contributed by atoms with Gasteiger partial charge in [0.1, 0.15) is 5.75 Å². The molecule has 0 atom stereocenters. The number of hydrogen-bond donors (Lipinski definition) is 0. The fourth-order valence-corrected chi connectivity index (χ4v) is 1.85. The number of benzene rings is 1. The van der Waals surface area contributed by atoms with E-state index in [4.69, 9.17) is 4.74 Å². The van der Waals surface area contributed by atoms with Crippen molar-refractivity contribution >= 4 is 21.7 Å². The molecule has 0 bridgehead atoms. The zero-order valence-corrected chi connectivity index (χ0v) is 11.9. The molecule has 0 amide bonds. The van der Waals surface area contributed by atoms with Gasteiger partial charge in [-0.2, -0.15) is 0 Å². The predicted octanol–water partition coefficient (Wildman–Crippen LogP) is 3.36. The van der Waals surface area contributed by atoms with Crippen molar-refractivity contribution < 1.29 is 9.53 Å². The average molecular weight is 308 g/mol. The fraction of sp³-hybridized carbons (Fsp3) is 0.214. The summed E-state index contributed by atoms with van der Waals surface area (Å²) in [6, 6.07) is 7.45. The van der Waals surface area contributed by atoms with Gasteiger partial charge in [-0.15, -0.1) is 0 Å². The van der Waals surface area contributed by atoms with Gasteiger partial charge >= 0.3 is 0 Å². The predicted molar refractivity (Wildman–Crippen MR) is 74.1 cm³/mol. The van der Waals surface area contributed by atoms with Crippen molar-refractivity contribution in [3.05, 3.63) is 52.3 Å². The van der Waals surface area contributed by atoms with Gasteiger partial charge in [0, 0.05) is 29.5 Å². The molecule has 0 spiro atoms. The topological polar surface area (TPSA) is 31.2 Å². The number of ether oxygens (including phenoxy) is 1. The minimum Gasteiger partial charge on any atom is -0.485 e. The van der Waals surface area contributed by atoms with Gasteiger partial charge in [0.05, 0.1) is 0 Å². The lowest BCUT2D eigenvalue weighted by atomic mass is 10.2. The van der Waals surface area contributed by atoms with Crippen molar-refractivity contribution in [2.75, 3.05) is 6.61 Å². The monoisotopic (exact) mass is 307 g/mol. The summed E-state index contributed by atoms with van der Waals surface area (Å²) in [6.07, 6.45) is 3.63. The minimum atomic E-state index is -0.0174. The van der Waals surface area contributed by atoms with Gasteiger partial charge < -0.3 is 9.30 Å². The second kappa shape index (κ2) is 5.40. The van der Waals surface area contributed by atoms with Crippen LogP contribution in [0.15, 0.2) is 41.1 Å². The highest BCUT2D eigenvalue weighted by atomic mass is 79.9. The molecule has 94 valence electrons. The molecule has 1 heterocycles. The second-order valence-corrected chi connectivity index (χ2v) is 5.04. The molecule has 18 heavy (non-hydrogen) atoms. The van der Waals surface area contributed by atoms with Gasteiger partial charge in [-0.1, -0.05) is 15.9 Å². The first kappa shape index (κ1) is 12.9. The Balaban J connectivity index is 1.99. The number of rotatable bonds is 4. The van der Waals surface area contributed by atoms with E-state index in [0.29, 0.717) is 11.3 Å². The van der Waals surface area contributed by atoms with E-state index < -0.39 is 0 Å². The largest absolute Gasteiger partial charge is 0.485 e. The summed E-state index contributed by atoms with van der Waals surface area (Å²) in [7, 11) is 1.88. The van der Waals surface area contributed by atoms with Crippen molar-refractivity contribution in [2.24, 2.45) is 7.05 Å². The summed E-state index contributed by atoms with van der Waals surface area (Å²) < 4.78 is 8.36. The molecular formula is C14H14BrNO2. The van der Waals surface area contributed by atoms with Crippen molar-refractivity contribution in [3.8, 4) is 5.75 Å². The third kappa shape index (κ3) is 3.01. The molecule has 1 aromatic carbocycles. The summed E-state index contributed by atoms with van der Waals surface area (Å²) in [6.45, 7) is 2.04. The van der Waals surface area contributed by atoms with Crippen LogP contribution in [-0.2, 0) is 7.05 Å². The Morgan fingerprint density at radius 2 is 2.17 bits per heavy atom.